The van der Waals surface area contributed by atoms with Crippen LogP contribution in [-0.4, -0.2) is 0 Å². The fourth-order valence-electron chi connectivity index (χ4n) is 0.946. The highest BCUT2D eigenvalue weighted by molar-refractivity contribution is 6.49. The SMILES string of the molecule is CC(C#N)=C(Cl)c1cc(F)cc(F)c1. The summed E-state index contributed by atoms with van der Waals surface area (Å²) in [5, 5.41) is 8.59. The first-order valence-electron chi connectivity index (χ1n) is 3.77. The third-order valence-electron chi connectivity index (χ3n) is 1.61. The van der Waals surface area contributed by atoms with Crippen LogP contribution in [0.4, 0.5) is 8.78 Å². The van der Waals surface area contributed by atoms with Gasteiger partial charge in [0, 0.05) is 11.6 Å². The van der Waals surface area contributed by atoms with Gasteiger partial charge in [-0.1, -0.05) is 11.6 Å². The number of halogens is 3. The van der Waals surface area contributed by atoms with Crippen LogP contribution in [0.3, 0.4) is 0 Å². The second-order valence-corrected chi connectivity index (χ2v) is 3.09. The number of hydrogen-bond donors (Lipinski definition) is 0. The Morgan fingerprint density at radius 1 is 1.29 bits per heavy atom. The molecular formula is C10H6ClF2N. The molecule has 0 aliphatic carbocycles. The monoisotopic (exact) mass is 213 g/mol. The Bertz CT molecular complexity index is 412. The van der Waals surface area contributed by atoms with Crippen LogP contribution >= 0.6 is 11.6 Å². The lowest BCUT2D eigenvalue weighted by Gasteiger charge is -2.00. The van der Waals surface area contributed by atoms with Gasteiger partial charge in [-0.2, -0.15) is 5.26 Å². The van der Waals surface area contributed by atoms with Crippen LogP contribution in [0, 0.1) is 23.0 Å². The minimum atomic E-state index is -0.719. The molecule has 0 N–H and O–H groups in total. The lowest BCUT2D eigenvalue weighted by molar-refractivity contribution is 0.582. The van der Waals surface area contributed by atoms with Crippen LogP contribution in [0.2, 0.25) is 0 Å². The maximum atomic E-state index is 12.8. The van der Waals surface area contributed by atoms with Gasteiger partial charge in [-0.3, -0.25) is 0 Å². The van der Waals surface area contributed by atoms with Crippen molar-refractivity contribution >= 4 is 16.6 Å². The zero-order valence-corrected chi connectivity index (χ0v) is 8.07. The third-order valence-corrected chi connectivity index (χ3v) is 2.11. The summed E-state index contributed by atoms with van der Waals surface area (Å²) < 4.78 is 25.5. The first kappa shape index (κ1) is 10.7. The maximum Gasteiger partial charge on any atom is 0.126 e. The fourth-order valence-corrected chi connectivity index (χ4v) is 1.10. The third kappa shape index (κ3) is 2.30. The standard InChI is InChI=1S/C10H6ClF2N/c1-6(5-14)10(11)7-2-8(12)4-9(13)3-7/h2-4H,1H3. The van der Waals surface area contributed by atoms with Crippen molar-refractivity contribution in [2.24, 2.45) is 0 Å². The zero-order valence-electron chi connectivity index (χ0n) is 7.31. The summed E-state index contributed by atoms with van der Waals surface area (Å²) in [5.74, 6) is -1.44. The lowest BCUT2D eigenvalue weighted by Crippen LogP contribution is -1.86. The van der Waals surface area contributed by atoms with E-state index in [0.717, 1.165) is 18.2 Å². The van der Waals surface area contributed by atoms with E-state index in [1.54, 1.807) is 6.07 Å². The zero-order chi connectivity index (χ0) is 10.7. The first-order valence-corrected chi connectivity index (χ1v) is 4.15. The molecule has 1 rings (SSSR count). The van der Waals surface area contributed by atoms with E-state index < -0.39 is 11.6 Å². The second-order valence-electron chi connectivity index (χ2n) is 2.71. The molecule has 0 aromatic heterocycles. The Balaban J connectivity index is 3.28. The Kier molecular flexibility index (Phi) is 3.21. The van der Waals surface area contributed by atoms with Gasteiger partial charge in [-0.25, -0.2) is 8.78 Å². The Labute approximate surface area is 85.2 Å². The summed E-state index contributed by atoms with van der Waals surface area (Å²) >= 11 is 5.72. The summed E-state index contributed by atoms with van der Waals surface area (Å²) in [6.07, 6.45) is 0. The van der Waals surface area contributed by atoms with E-state index in [9.17, 15) is 8.78 Å². The molecule has 14 heavy (non-hydrogen) atoms. The van der Waals surface area contributed by atoms with Crippen molar-refractivity contribution in [1.29, 1.82) is 5.26 Å². The molecule has 1 nitrogen and oxygen atoms in total. The van der Waals surface area contributed by atoms with E-state index in [1.165, 1.54) is 6.92 Å². The van der Waals surface area contributed by atoms with E-state index in [0.29, 0.717) is 0 Å². The largest absolute Gasteiger partial charge is 0.207 e. The molecule has 4 heteroatoms. The van der Waals surface area contributed by atoms with Crippen molar-refractivity contribution in [3.05, 3.63) is 41.0 Å². The summed E-state index contributed by atoms with van der Waals surface area (Å²) in [5.41, 5.74) is 0.389. The summed E-state index contributed by atoms with van der Waals surface area (Å²) in [7, 11) is 0. The lowest BCUT2D eigenvalue weighted by atomic mass is 10.1. The topological polar surface area (TPSA) is 23.8 Å². The maximum absolute atomic E-state index is 12.8. The molecule has 1 aromatic carbocycles. The molecule has 0 unspecified atom stereocenters. The second kappa shape index (κ2) is 4.21. The van der Waals surface area contributed by atoms with E-state index >= 15 is 0 Å². The molecule has 0 fully saturated rings. The van der Waals surface area contributed by atoms with E-state index in [4.69, 9.17) is 16.9 Å². The Hall–Kier alpha value is -1.40. The molecule has 0 radical (unpaired) electrons. The predicted molar refractivity (Wildman–Crippen MR) is 50.4 cm³/mol. The quantitative estimate of drug-likeness (QED) is 0.656. The van der Waals surface area contributed by atoms with Gasteiger partial charge in [0.05, 0.1) is 11.1 Å². The van der Waals surface area contributed by atoms with Crippen molar-refractivity contribution in [3.63, 3.8) is 0 Å². The van der Waals surface area contributed by atoms with Crippen LogP contribution in [0.5, 0.6) is 0 Å². The number of benzene rings is 1. The van der Waals surface area contributed by atoms with Gasteiger partial charge in [0.1, 0.15) is 11.6 Å². The van der Waals surface area contributed by atoms with Crippen molar-refractivity contribution in [2.75, 3.05) is 0 Å². The Morgan fingerprint density at radius 2 is 1.79 bits per heavy atom. The summed E-state index contributed by atoms with van der Waals surface area (Å²) in [4.78, 5) is 0. The number of rotatable bonds is 1. The molecule has 0 heterocycles. The van der Waals surface area contributed by atoms with Crippen molar-refractivity contribution in [2.45, 2.75) is 6.92 Å². The van der Waals surface area contributed by atoms with E-state index in [1.807, 2.05) is 0 Å². The predicted octanol–water partition coefficient (Wildman–Crippen LogP) is 3.46. The normalized spacial score (nSPS) is 11.9. The first-order chi connectivity index (χ1) is 6.54. The van der Waals surface area contributed by atoms with Crippen LogP contribution in [0.1, 0.15) is 12.5 Å². The van der Waals surface area contributed by atoms with Crippen molar-refractivity contribution in [1.82, 2.24) is 0 Å². The van der Waals surface area contributed by atoms with Crippen LogP contribution in [0.15, 0.2) is 23.8 Å². The van der Waals surface area contributed by atoms with Gasteiger partial charge >= 0.3 is 0 Å². The molecule has 0 saturated heterocycles. The highest BCUT2D eigenvalue weighted by atomic mass is 35.5. The van der Waals surface area contributed by atoms with Crippen molar-refractivity contribution < 1.29 is 8.78 Å². The molecule has 0 aliphatic heterocycles. The summed E-state index contributed by atoms with van der Waals surface area (Å²) in [6, 6.07) is 4.70. The molecule has 0 spiro atoms. The minimum Gasteiger partial charge on any atom is -0.207 e. The van der Waals surface area contributed by atoms with Gasteiger partial charge < -0.3 is 0 Å². The minimum absolute atomic E-state index is 0.0610. The molecule has 0 amide bonds. The van der Waals surface area contributed by atoms with Crippen molar-refractivity contribution in [3.8, 4) is 6.07 Å². The highest BCUT2D eigenvalue weighted by Crippen LogP contribution is 2.24. The van der Waals surface area contributed by atoms with Gasteiger partial charge in [-0.05, 0) is 24.6 Å². The fraction of sp³-hybridized carbons (Fsp3) is 0.100. The summed E-state index contributed by atoms with van der Waals surface area (Å²) in [6.45, 7) is 1.48. The van der Waals surface area contributed by atoms with Gasteiger partial charge in [0.25, 0.3) is 0 Å². The number of nitriles is 1. The molecule has 0 aliphatic rings. The van der Waals surface area contributed by atoms with Gasteiger partial charge in [0.15, 0.2) is 0 Å². The number of allylic oxidation sites excluding steroid dienone is 1. The molecule has 1 aromatic rings. The highest BCUT2D eigenvalue weighted by Gasteiger charge is 2.06. The number of hydrogen-bond acceptors (Lipinski definition) is 1. The Morgan fingerprint density at radius 3 is 2.21 bits per heavy atom. The molecule has 0 saturated carbocycles. The van der Waals surface area contributed by atoms with Crippen LogP contribution in [0.25, 0.3) is 5.03 Å². The van der Waals surface area contributed by atoms with E-state index in [-0.39, 0.29) is 16.2 Å². The van der Waals surface area contributed by atoms with Gasteiger partial charge in [-0.15, -0.1) is 0 Å². The van der Waals surface area contributed by atoms with Gasteiger partial charge in [0.2, 0.25) is 0 Å². The van der Waals surface area contributed by atoms with Crippen LogP contribution < -0.4 is 0 Å². The van der Waals surface area contributed by atoms with E-state index in [2.05, 4.69) is 0 Å². The smallest absolute Gasteiger partial charge is 0.126 e. The molecular weight excluding hydrogens is 208 g/mol. The number of nitrogens with zero attached hydrogens (tertiary/aromatic N) is 1. The average Bonchev–Trinajstić information content (AvgIpc) is 2.14. The molecule has 0 atom stereocenters. The van der Waals surface area contributed by atoms with Crippen LogP contribution in [-0.2, 0) is 0 Å². The molecule has 0 bridgehead atoms. The average molecular weight is 214 g/mol. The molecule has 72 valence electrons.